The summed E-state index contributed by atoms with van der Waals surface area (Å²) in [7, 11) is 0. The summed E-state index contributed by atoms with van der Waals surface area (Å²) >= 11 is 0. The van der Waals surface area contributed by atoms with Gasteiger partial charge in [0.1, 0.15) is 0 Å². The third-order valence-electron chi connectivity index (χ3n) is 0.988. The highest BCUT2D eigenvalue weighted by molar-refractivity contribution is 5.97. The fourth-order valence-electron chi connectivity index (χ4n) is 0.496. The van der Waals surface area contributed by atoms with Crippen molar-refractivity contribution < 1.29 is 14.7 Å². The van der Waals surface area contributed by atoms with Crippen LogP contribution in [0.5, 0.6) is 0 Å². The van der Waals surface area contributed by atoms with Crippen LogP contribution in [0.4, 0.5) is 4.79 Å². The third kappa shape index (κ3) is 1.89. The second-order valence-corrected chi connectivity index (χ2v) is 1.57. The van der Waals surface area contributed by atoms with Gasteiger partial charge < -0.3 is 5.11 Å². The predicted molar refractivity (Wildman–Crippen MR) is 35.6 cm³/mol. The Labute approximate surface area is 58.8 Å². The van der Waals surface area contributed by atoms with E-state index in [1.165, 1.54) is 0 Å². The van der Waals surface area contributed by atoms with Gasteiger partial charge in [0.15, 0.2) is 0 Å². The molecule has 0 saturated heterocycles. The summed E-state index contributed by atoms with van der Waals surface area (Å²) in [6, 6.07) is 0. The molecule has 4 heteroatoms. The van der Waals surface area contributed by atoms with E-state index in [1.807, 2.05) is 0 Å². The molecule has 0 saturated carbocycles. The molecule has 0 spiro atoms. The molecule has 2 amide bonds. The van der Waals surface area contributed by atoms with Crippen molar-refractivity contribution in [3.05, 3.63) is 12.7 Å². The fraction of sp³-hybridized carbons (Fsp3) is 0.333. The first-order chi connectivity index (χ1) is 4.63. The van der Waals surface area contributed by atoms with Gasteiger partial charge in [0.25, 0.3) is 5.91 Å². The molecule has 0 radical (unpaired) electrons. The van der Waals surface area contributed by atoms with E-state index in [2.05, 4.69) is 6.58 Å². The maximum Gasteiger partial charge on any atom is 0.414 e. The normalized spacial score (nSPS) is 8.50. The van der Waals surface area contributed by atoms with Crippen LogP contribution in [-0.4, -0.2) is 28.6 Å². The van der Waals surface area contributed by atoms with Crippen LogP contribution in [0.1, 0.15) is 6.92 Å². The van der Waals surface area contributed by atoms with Crippen molar-refractivity contribution in [3.8, 4) is 0 Å². The second kappa shape index (κ2) is 3.66. The molecule has 0 aromatic heterocycles. The Bertz CT molecular complexity index is 164. The monoisotopic (exact) mass is 143 g/mol. The quantitative estimate of drug-likeness (QED) is 0.579. The van der Waals surface area contributed by atoms with Gasteiger partial charge in [0.2, 0.25) is 0 Å². The van der Waals surface area contributed by atoms with E-state index in [4.69, 9.17) is 5.11 Å². The van der Waals surface area contributed by atoms with Gasteiger partial charge in [-0.05, 0) is 13.0 Å². The van der Waals surface area contributed by atoms with Crippen molar-refractivity contribution >= 4 is 12.0 Å². The van der Waals surface area contributed by atoms with Crippen LogP contribution in [0.3, 0.4) is 0 Å². The van der Waals surface area contributed by atoms with Crippen LogP contribution in [-0.2, 0) is 4.79 Å². The molecule has 1 N–H and O–H groups in total. The van der Waals surface area contributed by atoms with Crippen LogP contribution in [0.15, 0.2) is 12.7 Å². The van der Waals surface area contributed by atoms with Crippen molar-refractivity contribution in [2.75, 3.05) is 6.54 Å². The van der Waals surface area contributed by atoms with Crippen LogP contribution in [0.25, 0.3) is 0 Å². The summed E-state index contributed by atoms with van der Waals surface area (Å²) in [5, 5.41) is 8.33. The molecule has 0 aliphatic heterocycles. The predicted octanol–water partition coefficient (Wildman–Crippen LogP) is 0.699. The number of hydrogen-bond acceptors (Lipinski definition) is 2. The molecule has 0 aromatic rings. The molecule has 0 fully saturated rings. The number of imide groups is 1. The first-order valence-corrected chi connectivity index (χ1v) is 2.80. The Kier molecular flexibility index (Phi) is 3.17. The molecule has 0 heterocycles. The number of carboxylic acid groups (broad SMARTS) is 1. The summed E-state index contributed by atoms with van der Waals surface area (Å²) in [6.45, 7) is 4.89. The zero-order valence-electron chi connectivity index (χ0n) is 5.70. The maximum atomic E-state index is 10.6. The number of rotatable bonds is 2. The molecule has 0 atom stereocenters. The van der Waals surface area contributed by atoms with E-state index in [-0.39, 0.29) is 6.54 Å². The number of likely N-dealkylation sites (N-methyl/N-ethyl adjacent to an activating group) is 1. The average molecular weight is 143 g/mol. The third-order valence-corrected chi connectivity index (χ3v) is 0.988. The summed E-state index contributed by atoms with van der Waals surface area (Å²) in [5.41, 5.74) is 0. The Hall–Kier alpha value is -1.32. The van der Waals surface area contributed by atoms with E-state index >= 15 is 0 Å². The van der Waals surface area contributed by atoms with Gasteiger partial charge in [-0.25, -0.2) is 9.69 Å². The van der Waals surface area contributed by atoms with E-state index in [0.717, 1.165) is 6.08 Å². The SMILES string of the molecule is C=CC(=O)N(CC)C(=O)O. The number of amides is 2. The standard InChI is InChI=1S/C6H9NO3/c1-3-5(8)7(4-2)6(9)10/h3H,1,4H2,2H3,(H,9,10). The van der Waals surface area contributed by atoms with Crippen molar-refractivity contribution in [2.45, 2.75) is 6.92 Å². The van der Waals surface area contributed by atoms with Gasteiger partial charge in [0, 0.05) is 6.54 Å². The Morgan fingerprint density at radius 3 is 2.30 bits per heavy atom. The van der Waals surface area contributed by atoms with E-state index in [1.54, 1.807) is 6.92 Å². The molecule has 0 bridgehead atoms. The van der Waals surface area contributed by atoms with Crippen LogP contribution >= 0.6 is 0 Å². The number of carbonyl (C=O) groups excluding carboxylic acids is 1. The molecule has 0 aliphatic rings. The van der Waals surface area contributed by atoms with Crippen molar-refractivity contribution in [1.82, 2.24) is 4.90 Å². The number of hydrogen-bond donors (Lipinski definition) is 1. The maximum absolute atomic E-state index is 10.6. The van der Waals surface area contributed by atoms with Crippen molar-refractivity contribution in [3.63, 3.8) is 0 Å². The fourth-order valence-corrected chi connectivity index (χ4v) is 0.496. The largest absolute Gasteiger partial charge is 0.465 e. The number of carbonyl (C=O) groups is 2. The summed E-state index contributed by atoms with van der Waals surface area (Å²) in [5.74, 6) is -0.588. The molecule has 56 valence electrons. The topological polar surface area (TPSA) is 57.6 Å². The smallest absolute Gasteiger partial charge is 0.414 e. The van der Waals surface area contributed by atoms with Gasteiger partial charge in [-0.3, -0.25) is 4.79 Å². The summed E-state index contributed by atoms with van der Waals surface area (Å²) in [4.78, 5) is 21.5. The number of nitrogens with zero attached hydrogens (tertiary/aromatic N) is 1. The zero-order valence-corrected chi connectivity index (χ0v) is 5.70. The lowest BCUT2D eigenvalue weighted by Crippen LogP contribution is -2.33. The molecular formula is C6H9NO3. The van der Waals surface area contributed by atoms with Gasteiger partial charge in [0.05, 0.1) is 0 Å². The molecule has 0 aromatic carbocycles. The zero-order chi connectivity index (χ0) is 8.15. The van der Waals surface area contributed by atoms with Gasteiger partial charge >= 0.3 is 6.09 Å². The minimum atomic E-state index is -1.24. The Morgan fingerprint density at radius 1 is 1.70 bits per heavy atom. The molecule has 10 heavy (non-hydrogen) atoms. The summed E-state index contributed by atoms with van der Waals surface area (Å²) < 4.78 is 0. The van der Waals surface area contributed by atoms with Crippen LogP contribution < -0.4 is 0 Å². The molecule has 4 nitrogen and oxygen atoms in total. The lowest BCUT2D eigenvalue weighted by Gasteiger charge is -2.10. The average Bonchev–Trinajstić information content (AvgIpc) is 1.88. The highest BCUT2D eigenvalue weighted by Gasteiger charge is 2.14. The second-order valence-electron chi connectivity index (χ2n) is 1.57. The molecule has 0 rings (SSSR count). The summed E-state index contributed by atoms with van der Waals surface area (Å²) in [6.07, 6.45) is -0.273. The highest BCUT2D eigenvalue weighted by Crippen LogP contribution is 1.89. The minimum Gasteiger partial charge on any atom is -0.465 e. The lowest BCUT2D eigenvalue weighted by molar-refractivity contribution is -0.123. The van der Waals surface area contributed by atoms with E-state index in [0.29, 0.717) is 4.90 Å². The first kappa shape index (κ1) is 8.68. The molecular weight excluding hydrogens is 134 g/mol. The first-order valence-electron chi connectivity index (χ1n) is 2.80. The van der Waals surface area contributed by atoms with Crippen LogP contribution in [0, 0.1) is 0 Å². The molecule has 0 aliphatic carbocycles. The van der Waals surface area contributed by atoms with E-state index in [9.17, 15) is 9.59 Å². The minimum absolute atomic E-state index is 0.153. The van der Waals surface area contributed by atoms with Crippen molar-refractivity contribution in [2.24, 2.45) is 0 Å². The Balaban J connectivity index is 4.20. The highest BCUT2D eigenvalue weighted by atomic mass is 16.4. The van der Waals surface area contributed by atoms with Gasteiger partial charge in [-0.1, -0.05) is 6.58 Å². The van der Waals surface area contributed by atoms with Crippen molar-refractivity contribution in [1.29, 1.82) is 0 Å². The lowest BCUT2D eigenvalue weighted by atomic mass is 10.5. The Morgan fingerprint density at radius 2 is 2.20 bits per heavy atom. The van der Waals surface area contributed by atoms with Gasteiger partial charge in [-0.15, -0.1) is 0 Å². The molecule has 0 unspecified atom stereocenters. The van der Waals surface area contributed by atoms with Gasteiger partial charge in [-0.2, -0.15) is 0 Å². The van der Waals surface area contributed by atoms with E-state index < -0.39 is 12.0 Å². The van der Waals surface area contributed by atoms with Crippen LogP contribution in [0.2, 0.25) is 0 Å².